The Kier molecular flexibility index (Phi) is 7.74. The number of guanidine groups is 2. The third-order valence-corrected chi connectivity index (χ3v) is 4.25. The van der Waals surface area contributed by atoms with E-state index in [1.165, 1.54) is 16.7 Å². The zero-order chi connectivity index (χ0) is 17.1. The number of hydrogen-bond acceptors (Lipinski definition) is 2. The van der Waals surface area contributed by atoms with E-state index in [2.05, 4.69) is 34.3 Å². The zero-order valence-electron chi connectivity index (χ0n) is 14.3. The summed E-state index contributed by atoms with van der Waals surface area (Å²) in [6, 6.07) is 14.2. The molecule has 1 aliphatic rings. The topological polar surface area (TPSA) is 129 Å². The van der Waals surface area contributed by atoms with Crippen molar-refractivity contribution in [2.24, 2.45) is 32.9 Å². The highest BCUT2D eigenvalue weighted by atomic mass is 35.5. The van der Waals surface area contributed by atoms with Crippen LogP contribution in [0.2, 0.25) is 0 Å². The Labute approximate surface area is 165 Å². The summed E-state index contributed by atoms with van der Waals surface area (Å²) in [4.78, 5) is 8.20. The summed E-state index contributed by atoms with van der Waals surface area (Å²) >= 11 is 0. The number of fused-ring (bicyclic) bond motifs is 1. The van der Waals surface area contributed by atoms with Crippen molar-refractivity contribution in [1.82, 2.24) is 0 Å². The van der Waals surface area contributed by atoms with Gasteiger partial charge in [0.1, 0.15) is 0 Å². The van der Waals surface area contributed by atoms with Gasteiger partial charge in [-0.15, -0.1) is 24.8 Å². The Morgan fingerprint density at radius 1 is 0.808 bits per heavy atom. The van der Waals surface area contributed by atoms with E-state index in [0.717, 1.165) is 30.6 Å². The molecule has 0 spiro atoms. The Morgan fingerprint density at radius 2 is 1.38 bits per heavy atom. The second-order valence-electron chi connectivity index (χ2n) is 5.99. The first-order valence-corrected chi connectivity index (χ1v) is 7.95. The molecule has 0 heterocycles. The fraction of sp³-hybridized carbons (Fsp3) is 0.222. The molecular weight excluding hydrogens is 371 g/mol. The van der Waals surface area contributed by atoms with Gasteiger partial charge in [0.15, 0.2) is 11.9 Å². The van der Waals surface area contributed by atoms with Gasteiger partial charge in [-0.1, -0.05) is 18.2 Å². The van der Waals surface area contributed by atoms with E-state index in [1.54, 1.807) is 0 Å². The van der Waals surface area contributed by atoms with E-state index < -0.39 is 0 Å². The SMILES string of the molecule is Cl.Cl.NC(N)=Nc1ccc(C2CCCc3cc(N=C(N)N)ccc32)cc1. The van der Waals surface area contributed by atoms with Crippen LogP contribution in [0.4, 0.5) is 11.4 Å². The molecule has 0 radical (unpaired) electrons. The molecule has 140 valence electrons. The lowest BCUT2D eigenvalue weighted by molar-refractivity contribution is 0.616. The molecule has 8 N–H and O–H groups in total. The number of rotatable bonds is 3. The molecule has 8 heteroatoms. The van der Waals surface area contributed by atoms with E-state index >= 15 is 0 Å². The maximum Gasteiger partial charge on any atom is 0.191 e. The Bertz CT molecular complexity index is 794. The highest BCUT2D eigenvalue weighted by molar-refractivity contribution is 5.85. The Morgan fingerprint density at radius 3 is 2.00 bits per heavy atom. The molecule has 0 fully saturated rings. The molecule has 1 atom stereocenters. The van der Waals surface area contributed by atoms with Crippen LogP contribution in [0.1, 0.15) is 35.4 Å². The van der Waals surface area contributed by atoms with Gasteiger partial charge in [-0.05, 0) is 60.2 Å². The summed E-state index contributed by atoms with van der Waals surface area (Å²) in [5.41, 5.74) is 27.2. The molecule has 0 aromatic heterocycles. The van der Waals surface area contributed by atoms with Crippen molar-refractivity contribution in [3.63, 3.8) is 0 Å². The zero-order valence-corrected chi connectivity index (χ0v) is 15.9. The van der Waals surface area contributed by atoms with Crippen molar-refractivity contribution in [2.45, 2.75) is 25.2 Å². The highest BCUT2D eigenvalue weighted by Crippen LogP contribution is 2.38. The fourth-order valence-corrected chi connectivity index (χ4v) is 3.30. The number of nitrogens with zero attached hydrogens (tertiary/aromatic N) is 2. The van der Waals surface area contributed by atoms with Crippen LogP contribution >= 0.6 is 24.8 Å². The van der Waals surface area contributed by atoms with Gasteiger partial charge in [0.2, 0.25) is 0 Å². The van der Waals surface area contributed by atoms with Gasteiger partial charge in [-0.2, -0.15) is 0 Å². The van der Waals surface area contributed by atoms with Crippen LogP contribution < -0.4 is 22.9 Å². The average Bonchev–Trinajstić information content (AvgIpc) is 2.54. The monoisotopic (exact) mass is 394 g/mol. The second-order valence-corrected chi connectivity index (χ2v) is 5.99. The van der Waals surface area contributed by atoms with Crippen molar-refractivity contribution >= 4 is 48.1 Å². The smallest absolute Gasteiger partial charge is 0.191 e. The van der Waals surface area contributed by atoms with Crippen LogP contribution in [0.15, 0.2) is 52.4 Å². The Hall–Kier alpha value is -2.44. The maximum atomic E-state index is 5.47. The predicted molar refractivity (Wildman–Crippen MR) is 113 cm³/mol. The van der Waals surface area contributed by atoms with Gasteiger partial charge < -0.3 is 22.9 Å². The lowest BCUT2D eigenvalue weighted by atomic mass is 9.79. The standard InChI is InChI=1S/C18H22N6.2ClH/c19-17(20)23-13-6-4-11(5-7-13)15-3-1-2-12-10-14(24-18(21)22)8-9-16(12)15;;/h4-10,15H,1-3H2,(H4,19,20,23)(H4,21,22,24);2*1H. The lowest BCUT2D eigenvalue weighted by Crippen LogP contribution is -2.22. The van der Waals surface area contributed by atoms with Crippen LogP contribution in [-0.2, 0) is 6.42 Å². The molecule has 0 aliphatic heterocycles. The molecule has 6 nitrogen and oxygen atoms in total. The molecule has 0 amide bonds. The lowest BCUT2D eigenvalue weighted by Gasteiger charge is -2.26. The van der Waals surface area contributed by atoms with Gasteiger partial charge in [-0.3, -0.25) is 0 Å². The Balaban J connectivity index is 0.00000169. The van der Waals surface area contributed by atoms with Crippen molar-refractivity contribution < 1.29 is 0 Å². The first kappa shape index (κ1) is 21.6. The van der Waals surface area contributed by atoms with Crippen molar-refractivity contribution in [1.29, 1.82) is 0 Å². The molecular formula is C18H24Cl2N6. The molecule has 0 bridgehead atoms. The minimum atomic E-state index is 0. The number of hydrogen-bond donors (Lipinski definition) is 4. The van der Waals surface area contributed by atoms with Crippen molar-refractivity contribution in [3.05, 3.63) is 59.2 Å². The van der Waals surface area contributed by atoms with E-state index in [-0.39, 0.29) is 36.7 Å². The number of aliphatic imine (C=N–C) groups is 2. The summed E-state index contributed by atoms with van der Waals surface area (Å²) in [6.45, 7) is 0. The normalized spacial score (nSPS) is 14.8. The first-order chi connectivity index (χ1) is 11.5. The molecule has 0 saturated heterocycles. The number of halogens is 2. The van der Waals surface area contributed by atoms with Gasteiger partial charge in [0, 0.05) is 5.92 Å². The molecule has 2 aromatic carbocycles. The maximum absolute atomic E-state index is 5.47. The van der Waals surface area contributed by atoms with Crippen LogP contribution in [-0.4, -0.2) is 11.9 Å². The van der Waals surface area contributed by atoms with Crippen LogP contribution in [0.25, 0.3) is 0 Å². The quantitative estimate of drug-likeness (QED) is 0.470. The summed E-state index contributed by atoms with van der Waals surface area (Å²) in [7, 11) is 0. The minimum absolute atomic E-state index is 0. The van der Waals surface area contributed by atoms with E-state index in [9.17, 15) is 0 Å². The van der Waals surface area contributed by atoms with Crippen LogP contribution in [0.3, 0.4) is 0 Å². The third kappa shape index (κ3) is 5.03. The number of benzene rings is 2. The number of aryl methyl sites for hydroxylation is 1. The van der Waals surface area contributed by atoms with E-state index in [0.29, 0.717) is 5.92 Å². The summed E-state index contributed by atoms with van der Waals surface area (Å²) in [5, 5.41) is 0. The molecule has 26 heavy (non-hydrogen) atoms. The highest BCUT2D eigenvalue weighted by Gasteiger charge is 2.22. The summed E-state index contributed by atoms with van der Waals surface area (Å²) in [6.07, 6.45) is 3.31. The number of nitrogens with two attached hydrogens (primary N) is 4. The van der Waals surface area contributed by atoms with Crippen LogP contribution in [0.5, 0.6) is 0 Å². The second kappa shape index (κ2) is 9.31. The average molecular weight is 395 g/mol. The fourth-order valence-electron chi connectivity index (χ4n) is 3.30. The first-order valence-electron chi connectivity index (χ1n) is 7.95. The minimum Gasteiger partial charge on any atom is -0.370 e. The molecule has 1 unspecified atom stereocenters. The van der Waals surface area contributed by atoms with Crippen molar-refractivity contribution in [3.8, 4) is 0 Å². The van der Waals surface area contributed by atoms with Gasteiger partial charge in [-0.25, -0.2) is 9.98 Å². The largest absolute Gasteiger partial charge is 0.370 e. The molecule has 2 aromatic rings. The van der Waals surface area contributed by atoms with Gasteiger partial charge in [0.25, 0.3) is 0 Å². The van der Waals surface area contributed by atoms with Crippen LogP contribution in [0, 0.1) is 0 Å². The predicted octanol–water partition coefficient (Wildman–Crippen LogP) is 2.81. The van der Waals surface area contributed by atoms with Gasteiger partial charge in [0.05, 0.1) is 11.4 Å². The van der Waals surface area contributed by atoms with Crippen molar-refractivity contribution in [2.75, 3.05) is 0 Å². The summed E-state index contributed by atoms with van der Waals surface area (Å²) in [5.74, 6) is 0.519. The molecule has 0 saturated carbocycles. The molecule has 3 rings (SSSR count). The van der Waals surface area contributed by atoms with Gasteiger partial charge >= 0.3 is 0 Å². The summed E-state index contributed by atoms with van der Waals surface area (Å²) < 4.78 is 0. The van der Waals surface area contributed by atoms with E-state index in [1.807, 2.05) is 18.2 Å². The van der Waals surface area contributed by atoms with E-state index in [4.69, 9.17) is 22.9 Å². The molecule has 1 aliphatic carbocycles. The third-order valence-electron chi connectivity index (χ3n) is 4.25.